The first-order valence-electron chi connectivity index (χ1n) is 4.48. The highest BCUT2D eigenvalue weighted by molar-refractivity contribution is 9.11. The second-order valence-electron chi connectivity index (χ2n) is 3.42. The average molecular weight is 322 g/mol. The lowest BCUT2D eigenvalue weighted by atomic mass is 10.2. The van der Waals surface area contributed by atoms with Crippen LogP contribution >= 0.6 is 31.9 Å². The summed E-state index contributed by atoms with van der Waals surface area (Å²) in [6.07, 6.45) is 0. The Morgan fingerprint density at radius 1 is 1.29 bits per heavy atom. The molecule has 0 aliphatic rings. The first kappa shape index (κ1) is 12.0. The zero-order chi connectivity index (χ0) is 10.7. The Kier molecular flexibility index (Phi) is 4.41. The molecule has 2 nitrogen and oxygen atoms in total. The number of benzene rings is 1. The Balaban J connectivity index is 2.77. The Hall–Kier alpha value is -0.0600. The van der Waals surface area contributed by atoms with Crippen molar-refractivity contribution in [2.45, 2.75) is 25.9 Å². The summed E-state index contributed by atoms with van der Waals surface area (Å²) in [5.74, 6) is 0. The normalized spacial score (nSPS) is 14.9. The van der Waals surface area contributed by atoms with Crippen molar-refractivity contribution in [1.82, 2.24) is 0 Å². The van der Waals surface area contributed by atoms with E-state index in [1.54, 1.807) is 0 Å². The largest absolute Gasteiger partial charge is 0.380 e. The first-order valence-corrected chi connectivity index (χ1v) is 6.06. The Morgan fingerprint density at radius 2 is 1.93 bits per heavy atom. The van der Waals surface area contributed by atoms with Crippen LogP contribution in [0.5, 0.6) is 0 Å². The highest BCUT2D eigenvalue weighted by Crippen LogP contribution is 2.26. The third-order valence-corrected chi connectivity index (χ3v) is 3.25. The topological polar surface area (TPSA) is 38.0 Å². The quantitative estimate of drug-likeness (QED) is 0.896. The zero-order valence-corrected chi connectivity index (χ0v) is 11.4. The van der Waals surface area contributed by atoms with Gasteiger partial charge in [0.25, 0.3) is 0 Å². The van der Waals surface area contributed by atoms with Crippen molar-refractivity contribution in [2.75, 3.05) is 5.32 Å². The van der Waals surface area contributed by atoms with E-state index in [0.29, 0.717) is 0 Å². The van der Waals surface area contributed by atoms with Crippen molar-refractivity contribution in [3.63, 3.8) is 0 Å². The Bertz CT molecular complexity index is 313. The van der Waals surface area contributed by atoms with E-state index in [2.05, 4.69) is 44.1 Å². The second kappa shape index (κ2) is 5.14. The van der Waals surface area contributed by atoms with Gasteiger partial charge in [-0.05, 0) is 48.0 Å². The Labute approximate surface area is 102 Å². The first-order chi connectivity index (χ1) is 6.50. The summed E-state index contributed by atoms with van der Waals surface area (Å²) in [6.45, 7) is 4.06. The van der Waals surface area contributed by atoms with Gasteiger partial charge in [-0.15, -0.1) is 0 Å². The predicted molar refractivity (Wildman–Crippen MR) is 68.6 cm³/mol. The molecule has 0 aromatic heterocycles. The number of rotatable bonds is 3. The molecule has 0 radical (unpaired) electrons. The number of hydrogen-bond acceptors (Lipinski definition) is 2. The third-order valence-electron chi connectivity index (χ3n) is 2.10. The SMILES string of the molecule is CC(N)C(C)Nc1ccc(Br)cc1Br. The average Bonchev–Trinajstić information content (AvgIpc) is 2.09. The van der Waals surface area contributed by atoms with Gasteiger partial charge in [0.15, 0.2) is 0 Å². The van der Waals surface area contributed by atoms with Gasteiger partial charge in [-0.2, -0.15) is 0 Å². The molecule has 0 amide bonds. The molecule has 0 fully saturated rings. The van der Waals surface area contributed by atoms with Gasteiger partial charge in [0, 0.05) is 26.7 Å². The summed E-state index contributed by atoms with van der Waals surface area (Å²) in [4.78, 5) is 0. The number of halogens is 2. The van der Waals surface area contributed by atoms with Gasteiger partial charge in [0.1, 0.15) is 0 Å². The van der Waals surface area contributed by atoms with E-state index in [4.69, 9.17) is 5.73 Å². The maximum absolute atomic E-state index is 5.78. The van der Waals surface area contributed by atoms with E-state index in [0.717, 1.165) is 14.6 Å². The van der Waals surface area contributed by atoms with E-state index < -0.39 is 0 Å². The van der Waals surface area contributed by atoms with Crippen LogP contribution in [0.25, 0.3) is 0 Å². The molecule has 2 atom stereocenters. The summed E-state index contributed by atoms with van der Waals surface area (Å²) in [7, 11) is 0. The second-order valence-corrected chi connectivity index (χ2v) is 5.19. The molecule has 4 heteroatoms. The van der Waals surface area contributed by atoms with Crippen LogP contribution in [0.15, 0.2) is 27.1 Å². The molecule has 3 N–H and O–H groups in total. The summed E-state index contributed by atoms with van der Waals surface area (Å²) in [6, 6.07) is 6.42. The number of nitrogens with two attached hydrogens (primary N) is 1. The van der Waals surface area contributed by atoms with Crippen LogP contribution < -0.4 is 11.1 Å². The predicted octanol–water partition coefficient (Wildman–Crippen LogP) is 3.36. The van der Waals surface area contributed by atoms with Gasteiger partial charge in [-0.1, -0.05) is 15.9 Å². The molecule has 0 bridgehead atoms. The molecule has 0 saturated heterocycles. The molecule has 0 spiro atoms. The molecular formula is C10H14Br2N2. The van der Waals surface area contributed by atoms with Crippen molar-refractivity contribution < 1.29 is 0 Å². The van der Waals surface area contributed by atoms with Crippen LogP contribution in [0.4, 0.5) is 5.69 Å². The molecule has 0 saturated carbocycles. The summed E-state index contributed by atoms with van der Waals surface area (Å²) in [5.41, 5.74) is 6.84. The fourth-order valence-electron chi connectivity index (χ4n) is 0.983. The van der Waals surface area contributed by atoms with Gasteiger partial charge in [0.05, 0.1) is 0 Å². The minimum absolute atomic E-state index is 0.130. The van der Waals surface area contributed by atoms with Crippen LogP contribution in [0.2, 0.25) is 0 Å². The molecule has 1 aromatic rings. The van der Waals surface area contributed by atoms with Crippen LogP contribution in [-0.2, 0) is 0 Å². The van der Waals surface area contributed by atoms with Crippen LogP contribution in [0, 0.1) is 0 Å². The van der Waals surface area contributed by atoms with Crippen molar-refractivity contribution in [2.24, 2.45) is 5.73 Å². The zero-order valence-electron chi connectivity index (χ0n) is 8.22. The highest BCUT2D eigenvalue weighted by atomic mass is 79.9. The molecule has 1 rings (SSSR count). The monoisotopic (exact) mass is 320 g/mol. The minimum Gasteiger partial charge on any atom is -0.380 e. The lowest BCUT2D eigenvalue weighted by molar-refractivity contribution is 0.638. The van der Waals surface area contributed by atoms with Crippen LogP contribution in [0.1, 0.15) is 13.8 Å². The van der Waals surface area contributed by atoms with Gasteiger partial charge in [-0.3, -0.25) is 0 Å². The highest BCUT2D eigenvalue weighted by Gasteiger charge is 2.08. The molecule has 0 heterocycles. The molecule has 2 unspecified atom stereocenters. The van der Waals surface area contributed by atoms with Crippen molar-refractivity contribution in [1.29, 1.82) is 0 Å². The van der Waals surface area contributed by atoms with Crippen LogP contribution in [0.3, 0.4) is 0 Å². The molecule has 14 heavy (non-hydrogen) atoms. The lowest BCUT2D eigenvalue weighted by Crippen LogP contribution is -2.35. The fraction of sp³-hybridized carbons (Fsp3) is 0.400. The molecule has 0 aliphatic heterocycles. The number of anilines is 1. The van der Waals surface area contributed by atoms with Gasteiger partial charge in [0.2, 0.25) is 0 Å². The summed E-state index contributed by atoms with van der Waals surface area (Å²) >= 11 is 6.90. The van der Waals surface area contributed by atoms with E-state index in [-0.39, 0.29) is 12.1 Å². The molecular weight excluding hydrogens is 308 g/mol. The van der Waals surface area contributed by atoms with E-state index >= 15 is 0 Å². The minimum atomic E-state index is 0.130. The van der Waals surface area contributed by atoms with E-state index in [1.807, 2.05) is 25.1 Å². The summed E-state index contributed by atoms with van der Waals surface area (Å²) in [5, 5.41) is 3.34. The molecule has 1 aromatic carbocycles. The maximum Gasteiger partial charge on any atom is 0.0488 e. The van der Waals surface area contributed by atoms with Crippen LogP contribution in [-0.4, -0.2) is 12.1 Å². The molecule has 78 valence electrons. The third kappa shape index (κ3) is 3.26. The van der Waals surface area contributed by atoms with E-state index in [1.165, 1.54) is 0 Å². The van der Waals surface area contributed by atoms with Gasteiger partial charge < -0.3 is 11.1 Å². The van der Waals surface area contributed by atoms with Crippen molar-refractivity contribution in [3.8, 4) is 0 Å². The molecule has 0 aliphatic carbocycles. The van der Waals surface area contributed by atoms with E-state index in [9.17, 15) is 0 Å². The standard InChI is InChI=1S/C10H14Br2N2/c1-6(13)7(2)14-10-4-3-8(11)5-9(10)12/h3-7,14H,13H2,1-2H3. The van der Waals surface area contributed by atoms with Crippen molar-refractivity contribution >= 4 is 37.5 Å². The maximum atomic E-state index is 5.78. The smallest absolute Gasteiger partial charge is 0.0488 e. The lowest BCUT2D eigenvalue weighted by Gasteiger charge is -2.19. The van der Waals surface area contributed by atoms with Gasteiger partial charge in [-0.25, -0.2) is 0 Å². The number of hydrogen-bond donors (Lipinski definition) is 2. The van der Waals surface area contributed by atoms with Crippen molar-refractivity contribution in [3.05, 3.63) is 27.1 Å². The van der Waals surface area contributed by atoms with Gasteiger partial charge >= 0.3 is 0 Å². The summed E-state index contributed by atoms with van der Waals surface area (Å²) < 4.78 is 2.10. The Morgan fingerprint density at radius 3 is 2.43 bits per heavy atom. The number of nitrogens with one attached hydrogen (secondary N) is 1. The fourth-order valence-corrected chi connectivity index (χ4v) is 2.14.